The average molecular weight is 351 g/mol. The van der Waals surface area contributed by atoms with Crippen molar-refractivity contribution in [1.82, 2.24) is 9.80 Å². The summed E-state index contributed by atoms with van der Waals surface area (Å²) in [6.07, 6.45) is -0.283. The number of methoxy groups -OCH3 is 1. The van der Waals surface area contributed by atoms with E-state index in [0.29, 0.717) is 43.5 Å². The second-order valence-electron chi connectivity index (χ2n) is 5.17. The predicted octanol–water partition coefficient (Wildman–Crippen LogP) is 1.94. The molecule has 1 aliphatic rings. The summed E-state index contributed by atoms with van der Waals surface area (Å²) in [4.78, 5) is 26.8. The van der Waals surface area contributed by atoms with E-state index < -0.39 is 0 Å². The van der Waals surface area contributed by atoms with Gasteiger partial charge in [-0.15, -0.1) is 0 Å². The first-order valence-corrected chi connectivity index (χ1v) is 8.12. The maximum absolute atomic E-state index is 11.7. The lowest BCUT2D eigenvalue weighted by molar-refractivity contribution is 0.0600. The van der Waals surface area contributed by atoms with E-state index >= 15 is 0 Å². The highest BCUT2D eigenvalue weighted by Crippen LogP contribution is 2.12. The number of hydrogen-bond acceptors (Lipinski definition) is 5. The largest absolute Gasteiger partial charge is 0.465 e. The molecule has 1 fully saturated rings. The molecule has 0 radical (unpaired) electrons. The number of esters is 1. The first kappa shape index (κ1) is 18.0. The van der Waals surface area contributed by atoms with Crippen molar-refractivity contribution in [3.8, 4) is 0 Å². The number of carbonyl (C=O) groups is 2. The third kappa shape index (κ3) is 4.58. The molecular formula is C16H21N3O4S. The maximum Gasteiger partial charge on any atom is 0.409 e. The number of thiocarbonyl (C=S) groups is 1. The minimum absolute atomic E-state index is 0.283. The number of rotatable bonds is 3. The molecule has 24 heavy (non-hydrogen) atoms. The Balaban J connectivity index is 1.85. The Bertz CT molecular complexity index is 598. The number of hydrogen-bond donors (Lipinski definition) is 1. The number of nitrogens with one attached hydrogen (secondary N) is 1. The Morgan fingerprint density at radius 3 is 2.25 bits per heavy atom. The molecule has 0 atom stereocenters. The number of anilines is 1. The lowest BCUT2D eigenvalue weighted by Crippen LogP contribution is -2.51. The van der Waals surface area contributed by atoms with Gasteiger partial charge in [-0.05, 0) is 43.4 Å². The minimum Gasteiger partial charge on any atom is -0.465 e. The van der Waals surface area contributed by atoms with Gasteiger partial charge in [0.25, 0.3) is 0 Å². The third-order valence-corrected chi connectivity index (χ3v) is 4.01. The van der Waals surface area contributed by atoms with Gasteiger partial charge in [0.2, 0.25) is 0 Å². The molecule has 0 unspecified atom stereocenters. The molecule has 2 rings (SSSR count). The van der Waals surface area contributed by atoms with Crippen LogP contribution in [0.3, 0.4) is 0 Å². The van der Waals surface area contributed by atoms with Crippen LogP contribution in [0.15, 0.2) is 24.3 Å². The van der Waals surface area contributed by atoms with Crippen LogP contribution in [-0.4, -0.2) is 66.9 Å². The third-order valence-electron chi connectivity index (χ3n) is 3.65. The monoisotopic (exact) mass is 351 g/mol. The van der Waals surface area contributed by atoms with Crippen LogP contribution in [0, 0.1) is 0 Å². The fourth-order valence-electron chi connectivity index (χ4n) is 2.32. The molecule has 0 aromatic heterocycles. The normalized spacial score (nSPS) is 14.1. The van der Waals surface area contributed by atoms with Gasteiger partial charge < -0.3 is 24.6 Å². The van der Waals surface area contributed by atoms with Crippen LogP contribution in [0.1, 0.15) is 17.3 Å². The van der Waals surface area contributed by atoms with Gasteiger partial charge in [-0.1, -0.05) is 0 Å². The van der Waals surface area contributed by atoms with Gasteiger partial charge in [-0.25, -0.2) is 9.59 Å². The van der Waals surface area contributed by atoms with Crippen molar-refractivity contribution >= 4 is 35.1 Å². The Hall–Kier alpha value is -2.35. The summed E-state index contributed by atoms with van der Waals surface area (Å²) in [6.45, 7) is 4.60. The Kier molecular flexibility index (Phi) is 6.36. The van der Waals surface area contributed by atoms with E-state index in [2.05, 4.69) is 10.1 Å². The topological polar surface area (TPSA) is 71.1 Å². The van der Waals surface area contributed by atoms with E-state index in [1.54, 1.807) is 36.1 Å². The summed E-state index contributed by atoms with van der Waals surface area (Å²) in [5.74, 6) is -0.376. The van der Waals surface area contributed by atoms with Crippen molar-refractivity contribution < 1.29 is 19.1 Å². The Morgan fingerprint density at radius 2 is 1.71 bits per heavy atom. The molecule has 1 N–H and O–H groups in total. The molecular weight excluding hydrogens is 330 g/mol. The maximum atomic E-state index is 11.7. The zero-order valence-electron chi connectivity index (χ0n) is 13.8. The second kappa shape index (κ2) is 8.49. The van der Waals surface area contributed by atoms with E-state index in [9.17, 15) is 9.59 Å². The molecule has 1 aromatic rings. The van der Waals surface area contributed by atoms with Crippen molar-refractivity contribution in [2.45, 2.75) is 6.92 Å². The Labute approximate surface area is 146 Å². The van der Waals surface area contributed by atoms with Crippen LogP contribution in [0.2, 0.25) is 0 Å². The van der Waals surface area contributed by atoms with E-state index in [1.807, 2.05) is 4.90 Å². The fraction of sp³-hybridized carbons (Fsp3) is 0.438. The van der Waals surface area contributed by atoms with E-state index in [4.69, 9.17) is 17.0 Å². The number of ether oxygens (including phenoxy) is 2. The standard InChI is InChI=1S/C16H21N3O4S/c1-3-23-16(21)19-10-8-18(9-11-19)15(24)17-13-6-4-12(5-7-13)14(20)22-2/h4-7H,3,8-11H2,1-2H3,(H,17,24). The molecule has 0 spiro atoms. The molecule has 8 heteroatoms. The fourth-order valence-corrected chi connectivity index (χ4v) is 2.62. The average Bonchev–Trinajstić information content (AvgIpc) is 2.62. The van der Waals surface area contributed by atoms with Gasteiger partial charge in [-0.2, -0.15) is 0 Å². The van der Waals surface area contributed by atoms with E-state index in [0.717, 1.165) is 5.69 Å². The molecule has 1 aromatic carbocycles. The van der Waals surface area contributed by atoms with Crippen molar-refractivity contribution in [1.29, 1.82) is 0 Å². The zero-order chi connectivity index (χ0) is 17.5. The van der Waals surface area contributed by atoms with Crippen molar-refractivity contribution in [3.05, 3.63) is 29.8 Å². The number of carbonyl (C=O) groups excluding carboxylic acids is 2. The van der Waals surface area contributed by atoms with Crippen molar-refractivity contribution in [2.75, 3.05) is 45.2 Å². The van der Waals surface area contributed by atoms with Gasteiger partial charge in [0.15, 0.2) is 5.11 Å². The van der Waals surface area contributed by atoms with E-state index in [-0.39, 0.29) is 12.1 Å². The highest BCUT2D eigenvalue weighted by Gasteiger charge is 2.23. The van der Waals surface area contributed by atoms with Gasteiger partial charge in [0, 0.05) is 31.9 Å². The molecule has 7 nitrogen and oxygen atoms in total. The first-order chi connectivity index (χ1) is 11.5. The van der Waals surface area contributed by atoms with Gasteiger partial charge in [0.1, 0.15) is 0 Å². The summed E-state index contributed by atoms with van der Waals surface area (Å²) in [5.41, 5.74) is 1.28. The molecule has 1 saturated heterocycles. The van der Waals surface area contributed by atoms with Crippen molar-refractivity contribution in [2.24, 2.45) is 0 Å². The van der Waals surface area contributed by atoms with Crippen LogP contribution >= 0.6 is 12.2 Å². The Morgan fingerprint density at radius 1 is 1.12 bits per heavy atom. The number of nitrogens with zero attached hydrogens (tertiary/aromatic N) is 2. The van der Waals surface area contributed by atoms with Crippen LogP contribution in [0.4, 0.5) is 10.5 Å². The second-order valence-corrected chi connectivity index (χ2v) is 5.56. The van der Waals surface area contributed by atoms with Crippen LogP contribution in [-0.2, 0) is 9.47 Å². The van der Waals surface area contributed by atoms with Crippen molar-refractivity contribution in [3.63, 3.8) is 0 Å². The summed E-state index contributed by atoms with van der Waals surface area (Å²) in [7, 11) is 1.35. The molecule has 0 bridgehead atoms. The number of benzene rings is 1. The first-order valence-electron chi connectivity index (χ1n) is 7.71. The molecule has 0 aliphatic carbocycles. The summed E-state index contributed by atoms with van der Waals surface area (Å²) in [5, 5.41) is 3.72. The number of amides is 1. The zero-order valence-corrected chi connectivity index (χ0v) is 14.6. The molecule has 1 aliphatic heterocycles. The summed E-state index contributed by atoms with van der Waals surface area (Å²) >= 11 is 5.41. The number of piperazine rings is 1. The lowest BCUT2D eigenvalue weighted by atomic mass is 10.2. The lowest BCUT2D eigenvalue weighted by Gasteiger charge is -2.35. The minimum atomic E-state index is -0.376. The summed E-state index contributed by atoms with van der Waals surface area (Å²) in [6, 6.07) is 6.89. The van der Waals surface area contributed by atoms with Crippen LogP contribution in [0.5, 0.6) is 0 Å². The van der Waals surface area contributed by atoms with Crippen LogP contribution in [0.25, 0.3) is 0 Å². The molecule has 0 saturated carbocycles. The SMILES string of the molecule is CCOC(=O)N1CCN(C(=S)Nc2ccc(C(=O)OC)cc2)CC1. The predicted molar refractivity (Wildman–Crippen MR) is 94.2 cm³/mol. The van der Waals surface area contributed by atoms with Gasteiger partial charge >= 0.3 is 12.1 Å². The summed E-state index contributed by atoms with van der Waals surface area (Å²) < 4.78 is 9.66. The van der Waals surface area contributed by atoms with Gasteiger partial charge in [-0.3, -0.25) is 0 Å². The van der Waals surface area contributed by atoms with E-state index in [1.165, 1.54) is 7.11 Å². The quantitative estimate of drug-likeness (QED) is 0.659. The molecule has 1 amide bonds. The highest BCUT2D eigenvalue weighted by atomic mass is 32.1. The smallest absolute Gasteiger partial charge is 0.409 e. The van der Waals surface area contributed by atoms with Crippen LogP contribution < -0.4 is 5.32 Å². The van der Waals surface area contributed by atoms with Gasteiger partial charge in [0.05, 0.1) is 19.3 Å². The molecule has 1 heterocycles. The molecule has 130 valence electrons. The highest BCUT2D eigenvalue weighted by molar-refractivity contribution is 7.80.